The highest BCUT2D eigenvalue weighted by atomic mass is 32.2. The zero-order chi connectivity index (χ0) is 29.0. The number of carbonyl (C=O) groups is 1. The number of piperazine rings is 1. The molecule has 1 N–H and O–H groups in total. The van der Waals surface area contributed by atoms with Gasteiger partial charge in [-0.25, -0.2) is 9.97 Å². The van der Waals surface area contributed by atoms with Gasteiger partial charge in [0.1, 0.15) is 5.82 Å². The molecular formula is C33H36N6O2S. The Balaban J connectivity index is 1.14. The van der Waals surface area contributed by atoms with Crippen LogP contribution >= 0.6 is 11.8 Å². The van der Waals surface area contributed by atoms with Crippen molar-refractivity contribution in [2.24, 2.45) is 0 Å². The van der Waals surface area contributed by atoms with Gasteiger partial charge in [0, 0.05) is 76.2 Å². The van der Waals surface area contributed by atoms with Gasteiger partial charge >= 0.3 is 0 Å². The molecule has 1 fully saturated rings. The summed E-state index contributed by atoms with van der Waals surface area (Å²) in [5.74, 6) is 1.54. The summed E-state index contributed by atoms with van der Waals surface area (Å²) in [7, 11) is 1.69. The number of benzene rings is 2. The van der Waals surface area contributed by atoms with Crippen LogP contribution in [0.5, 0.6) is 0 Å². The molecular weight excluding hydrogens is 544 g/mol. The first-order valence-electron chi connectivity index (χ1n) is 14.1. The third-order valence-electron chi connectivity index (χ3n) is 6.97. The first kappa shape index (κ1) is 29.4. The Morgan fingerprint density at radius 1 is 0.976 bits per heavy atom. The molecule has 216 valence electrons. The standard InChI is InChI=1S/C33H36N6O2S/c1-41-24-30-21-31(39-19-17-38(18-20-39)16-6-10-26-7-3-2-4-8-26)37-33(36-30)42-25-27-11-13-29(14-12-27)32(40)35-23-28-9-5-15-34-22-28/h2-15,21-22H,16-20,23-25H2,1H3,(H,35,40)/b10-6+. The molecule has 3 heterocycles. The number of carbonyl (C=O) groups excluding carboxylic acids is 1. The second-order valence-electron chi connectivity index (χ2n) is 10.1. The minimum Gasteiger partial charge on any atom is -0.378 e. The van der Waals surface area contributed by atoms with Crippen molar-refractivity contribution in [2.75, 3.05) is 44.7 Å². The topological polar surface area (TPSA) is 83.5 Å². The molecule has 2 aromatic carbocycles. The molecule has 2 aromatic heterocycles. The molecule has 9 heteroatoms. The normalized spacial score (nSPS) is 13.9. The van der Waals surface area contributed by atoms with E-state index >= 15 is 0 Å². The Hall–Kier alpha value is -4.05. The molecule has 0 atom stereocenters. The SMILES string of the molecule is COCc1cc(N2CCN(C/C=C/c3ccccc3)CC2)nc(SCc2ccc(C(=O)NCc3cccnc3)cc2)n1. The Kier molecular flexibility index (Phi) is 10.7. The summed E-state index contributed by atoms with van der Waals surface area (Å²) in [4.78, 5) is 31.1. The fourth-order valence-corrected chi connectivity index (χ4v) is 5.48. The Morgan fingerprint density at radius 2 is 1.79 bits per heavy atom. The van der Waals surface area contributed by atoms with Crippen molar-refractivity contribution in [3.63, 3.8) is 0 Å². The van der Waals surface area contributed by atoms with Gasteiger partial charge in [-0.2, -0.15) is 0 Å². The largest absolute Gasteiger partial charge is 0.378 e. The molecule has 0 aliphatic carbocycles. The van der Waals surface area contributed by atoms with Crippen LogP contribution in [0.2, 0.25) is 0 Å². The van der Waals surface area contributed by atoms with Crippen LogP contribution < -0.4 is 10.2 Å². The summed E-state index contributed by atoms with van der Waals surface area (Å²) in [6.45, 7) is 5.61. The van der Waals surface area contributed by atoms with E-state index in [0.717, 1.165) is 60.5 Å². The van der Waals surface area contributed by atoms with Crippen LogP contribution in [0, 0.1) is 0 Å². The second-order valence-corrected chi connectivity index (χ2v) is 11.0. The monoisotopic (exact) mass is 580 g/mol. The number of pyridine rings is 1. The van der Waals surface area contributed by atoms with Gasteiger partial charge in [-0.15, -0.1) is 0 Å². The number of methoxy groups -OCH3 is 1. The van der Waals surface area contributed by atoms with Crippen molar-refractivity contribution in [1.29, 1.82) is 0 Å². The number of anilines is 1. The molecule has 1 aliphatic rings. The van der Waals surface area contributed by atoms with Gasteiger partial charge in [0.25, 0.3) is 5.91 Å². The highest BCUT2D eigenvalue weighted by Gasteiger charge is 2.19. The number of thioether (sulfide) groups is 1. The lowest BCUT2D eigenvalue weighted by Gasteiger charge is -2.35. The molecule has 0 unspecified atom stereocenters. The fourth-order valence-electron chi connectivity index (χ4n) is 4.66. The number of aromatic nitrogens is 3. The van der Waals surface area contributed by atoms with Crippen LogP contribution in [0.1, 0.15) is 32.7 Å². The average molecular weight is 581 g/mol. The molecule has 4 aromatic rings. The van der Waals surface area contributed by atoms with Crippen LogP contribution in [0.25, 0.3) is 6.08 Å². The maximum atomic E-state index is 12.5. The molecule has 0 bridgehead atoms. The first-order valence-corrected chi connectivity index (χ1v) is 15.1. The lowest BCUT2D eigenvalue weighted by atomic mass is 10.1. The molecule has 0 saturated carbocycles. The summed E-state index contributed by atoms with van der Waals surface area (Å²) < 4.78 is 5.39. The Labute approximate surface area is 251 Å². The van der Waals surface area contributed by atoms with Crippen LogP contribution in [-0.4, -0.2) is 65.6 Å². The minimum absolute atomic E-state index is 0.106. The summed E-state index contributed by atoms with van der Waals surface area (Å²) in [5, 5.41) is 3.67. The van der Waals surface area contributed by atoms with Crippen LogP contribution in [0.15, 0.2) is 96.4 Å². The number of hydrogen-bond acceptors (Lipinski definition) is 8. The molecule has 1 saturated heterocycles. The molecule has 1 aliphatic heterocycles. The lowest BCUT2D eigenvalue weighted by molar-refractivity contribution is 0.0951. The third kappa shape index (κ3) is 8.72. The van der Waals surface area contributed by atoms with E-state index in [2.05, 4.69) is 56.5 Å². The summed E-state index contributed by atoms with van der Waals surface area (Å²) in [6.07, 6.45) is 7.89. The van der Waals surface area contributed by atoms with Crippen molar-refractivity contribution in [3.8, 4) is 0 Å². The quantitative estimate of drug-likeness (QED) is 0.184. The van der Waals surface area contributed by atoms with E-state index < -0.39 is 0 Å². The van der Waals surface area contributed by atoms with E-state index in [9.17, 15) is 4.79 Å². The van der Waals surface area contributed by atoms with Crippen molar-refractivity contribution in [1.82, 2.24) is 25.2 Å². The molecule has 0 radical (unpaired) electrons. The van der Waals surface area contributed by atoms with E-state index in [1.54, 1.807) is 31.3 Å². The van der Waals surface area contributed by atoms with E-state index in [0.29, 0.717) is 24.5 Å². The predicted molar refractivity (Wildman–Crippen MR) is 168 cm³/mol. The number of nitrogens with zero attached hydrogens (tertiary/aromatic N) is 5. The van der Waals surface area contributed by atoms with E-state index in [-0.39, 0.29) is 5.91 Å². The minimum atomic E-state index is -0.106. The zero-order valence-electron chi connectivity index (χ0n) is 23.9. The predicted octanol–water partition coefficient (Wildman–Crippen LogP) is 5.08. The van der Waals surface area contributed by atoms with Crippen LogP contribution in [0.4, 0.5) is 5.82 Å². The highest BCUT2D eigenvalue weighted by molar-refractivity contribution is 7.98. The number of rotatable bonds is 12. The number of hydrogen-bond donors (Lipinski definition) is 1. The van der Waals surface area contributed by atoms with Gasteiger partial charge in [-0.05, 0) is 34.9 Å². The lowest BCUT2D eigenvalue weighted by Crippen LogP contribution is -2.46. The molecule has 8 nitrogen and oxygen atoms in total. The summed E-state index contributed by atoms with van der Waals surface area (Å²) in [6, 6.07) is 23.9. The fraction of sp³-hybridized carbons (Fsp3) is 0.273. The van der Waals surface area contributed by atoms with Gasteiger partial charge in [0.2, 0.25) is 0 Å². The molecule has 5 rings (SSSR count). The van der Waals surface area contributed by atoms with Gasteiger partial charge in [-0.3, -0.25) is 14.7 Å². The smallest absolute Gasteiger partial charge is 0.251 e. The maximum absolute atomic E-state index is 12.5. The number of amides is 1. The van der Waals surface area contributed by atoms with Gasteiger partial charge in [0.15, 0.2) is 5.16 Å². The van der Waals surface area contributed by atoms with Crippen molar-refractivity contribution in [2.45, 2.75) is 24.1 Å². The number of ether oxygens (including phenoxy) is 1. The third-order valence-corrected chi connectivity index (χ3v) is 7.89. The van der Waals surface area contributed by atoms with E-state index in [4.69, 9.17) is 14.7 Å². The highest BCUT2D eigenvalue weighted by Crippen LogP contribution is 2.24. The van der Waals surface area contributed by atoms with Crippen LogP contribution in [0.3, 0.4) is 0 Å². The first-order chi connectivity index (χ1) is 20.7. The van der Waals surface area contributed by atoms with Crippen LogP contribution in [-0.2, 0) is 23.6 Å². The zero-order valence-corrected chi connectivity index (χ0v) is 24.7. The van der Waals surface area contributed by atoms with Gasteiger partial charge in [-0.1, -0.05) is 72.4 Å². The molecule has 1 amide bonds. The van der Waals surface area contributed by atoms with E-state index in [1.807, 2.05) is 48.5 Å². The number of nitrogens with one attached hydrogen (secondary N) is 1. The molecule has 0 spiro atoms. The van der Waals surface area contributed by atoms with Crippen molar-refractivity contribution < 1.29 is 9.53 Å². The Bertz CT molecular complexity index is 1440. The van der Waals surface area contributed by atoms with Gasteiger partial charge < -0.3 is 15.0 Å². The summed E-state index contributed by atoms with van der Waals surface area (Å²) >= 11 is 1.59. The van der Waals surface area contributed by atoms with Gasteiger partial charge in [0.05, 0.1) is 12.3 Å². The summed E-state index contributed by atoms with van der Waals surface area (Å²) in [5.41, 5.74) is 4.79. The second kappa shape index (κ2) is 15.3. The Morgan fingerprint density at radius 3 is 2.52 bits per heavy atom. The maximum Gasteiger partial charge on any atom is 0.251 e. The van der Waals surface area contributed by atoms with E-state index in [1.165, 1.54) is 5.56 Å². The van der Waals surface area contributed by atoms with Crippen molar-refractivity contribution in [3.05, 3.63) is 119 Å². The average Bonchev–Trinajstić information content (AvgIpc) is 3.04. The van der Waals surface area contributed by atoms with Crippen molar-refractivity contribution >= 4 is 29.6 Å². The molecule has 42 heavy (non-hydrogen) atoms.